The van der Waals surface area contributed by atoms with Gasteiger partial charge in [0.1, 0.15) is 0 Å². The van der Waals surface area contributed by atoms with E-state index in [0.29, 0.717) is 0 Å². The molecule has 2 atom stereocenters. The van der Waals surface area contributed by atoms with Crippen molar-refractivity contribution in [1.29, 1.82) is 0 Å². The third kappa shape index (κ3) is 3.27. The van der Waals surface area contributed by atoms with E-state index < -0.39 is 10.0 Å². The molecular formula is C15H22N2O3S. The molecule has 21 heavy (non-hydrogen) atoms. The Kier molecular flexibility index (Phi) is 3.88. The van der Waals surface area contributed by atoms with Gasteiger partial charge in [0, 0.05) is 13.0 Å². The van der Waals surface area contributed by atoms with Crippen LogP contribution in [0.15, 0.2) is 29.2 Å². The first-order valence-electron chi connectivity index (χ1n) is 6.93. The van der Waals surface area contributed by atoms with E-state index in [0.717, 1.165) is 12.0 Å². The van der Waals surface area contributed by atoms with E-state index in [9.17, 15) is 13.2 Å². The van der Waals surface area contributed by atoms with Gasteiger partial charge in [0.05, 0.1) is 10.9 Å². The second-order valence-electron chi connectivity index (χ2n) is 6.48. The minimum Gasteiger partial charge on any atom is -0.339 e. The van der Waals surface area contributed by atoms with E-state index in [1.165, 1.54) is 12.1 Å². The summed E-state index contributed by atoms with van der Waals surface area (Å²) in [6.07, 6.45) is 0.924. The van der Waals surface area contributed by atoms with Crippen LogP contribution in [0, 0.1) is 11.3 Å². The van der Waals surface area contributed by atoms with Crippen molar-refractivity contribution in [3.63, 3.8) is 0 Å². The molecule has 0 spiro atoms. The monoisotopic (exact) mass is 310 g/mol. The van der Waals surface area contributed by atoms with E-state index >= 15 is 0 Å². The number of carbonyl (C=O) groups is 1. The molecule has 0 saturated heterocycles. The normalized spacial score (nSPS) is 21.7. The average molecular weight is 310 g/mol. The molecule has 2 N–H and O–H groups in total. The van der Waals surface area contributed by atoms with Crippen molar-refractivity contribution >= 4 is 15.9 Å². The zero-order chi connectivity index (χ0) is 16.0. The van der Waals surface area contributed by atoms with Crippen molar-refractivity contribution in [2.45, 2.75) is 38.1 Å². The van der Waals surface area contributed by atoms with Crippen molar-refractivity contribution in [2.75, 3.05) is 7.05 Å². The smallest absolute Gasteiger partial charge is 0.238 e. The van der Waals surface area contributed by atoms with Crippen LogP contribution in [-0.2, 0) is 14.8 Å². The second-order valence-corrected chi connectivity index (χ2v) is 8.05. The zero-order valence-electron chi connectivity index (χ0n) is 12.8. The molecule has 1 amide bonds. The Morgan fingerprint density at radius 3 is 2.19 bits per heavy atom. The van der Waals surface area contributed by atoms with Crippen molar-refractivity contribution < 1.29 is 13.2 Å². The molecule has 1 saturated carbocycles. The second kappa shape index (κ2) is 5.10. The van der Waals surface area contributed by atoms with Gasteiger partial charge in [0.25, 0.3) is 0 Å². The summed E-state index contributed by atoms with van der Waals surface area (Å²) in [5.41, 5.74) is 0.986. The van der Waals surface area contributed by atoms with E-state index in [1.54, 1.807) is 24.1 Å². The van der Waals surface area contributed by atoms with Gasteiger partial charge in [-0.2, -0.15) is 0 Å². The lowest BCUT2D eigenvalue weighted by atomic mass is 10.1. The van der Waals surface area contributed by atoms with Crippen LogP contribution in [0.3, 0.4) is 0 Å². The van der Waals surface area contributed by atoms with E-state index in [1.807, 2.05) is 6.92 Å². The van der Waals surface area contributed by atoms with Crippen LogP contribution in [0.4, 0.5) is 0 Å². The predicted octanol–water partition coefficient (Wildman–Crippen LogP) is 1.90. The summed E-state index contributed by atoms with van der Waals surface area (Å²) in [5, 5.41) is 5.08. The van der Waals surface area contributed by atoms with Gasteiger partial charge in [-0.15, -0.1) is 0 Å². The number of benzene rings is 1. The highest BCUT2D eigenvalue weighted by atomic mass is 32.2. The van der Waals surface area contributed by atoms with Crippen LogP contribution in [0.1, 0.15) is 38.8 Å². The van der Waals surface area contributed by atoms with Gasteiger partial charge >= 0.3 is 0 Å². The van der Waals surface area contributed by atoms with Crippen molar-refractivity contribution in [1.82, 2.24) is 4.90 Å². The molecule has 1 fully saturated rings. The quantitative estimate of drug-likeness (QED) is 0.922. The number of nitrogens with two attached hydrogens (primary N) is 1. The standard InChI is InChI=1S/C15H22N2O3S/c1-10(17(4)14(18)13-9-15(13,2)3)11-5-7-12(8-6-11)21(16,19)20/h5-8,10,13H,9H2,1-4H3,(H2,16,19,20)/t10?,13-/m1/s1. The summed E-state index contributed by atoms with van der Waals surface area (Å²) >= 11 is 0. The average Bonchev–Trinajstić information content (AvgIpc) is 3.04. The molecule has 0 heterocycles. The number of rotatable bonds is 4. The Labute approximate surface area is 126 Å². The Balaban J connectivity index is 2.13. The number of amides is 1. The maximum absolute atomic E-state index is 12.4. The summed E-state index contributed by atoms with van der Waals surface area (Å²) < 4.78 is 22.5. The van der Waals surface area contributed by atoms with E-state index in [2.05, 4.69) is 13.8 Å². The SMILES string of the molecule is CC(c1ccc(S(N)(=O)=O)cc1)N(C)C(=O)[C@H]1CC1(C)C. The van der Waals surface area contributed by atoms with Crippen molar-refractivity contribution in [3.05, 3.63) is 29.8 Å². The first-order valence-corrected chi connectivity index (χ1v) is 8.48. The first kappa shape index (κ1) is 16.0. The molecule has 6 heteroatoms. The molecule has 0 aliphatic heterocycles. The lowest BCUT2D eigenvalue weighted by Crippen LogP contribution is -2.32. The number of hydrogen-bond donors (Lipinski definition) is 1. The van der Waals surface area contributed by atoms with Gasteiger partial charge in [0.15, 0.2) is 0 Å². The molecule has 0 aromatic heterocycles. The molecule has 0 radical (unpaired) electrons. The maximum Gasteiger partial charge on any atom is 0.238 e. The molecule has 5 nitrogen and oxygen atoms in total. The predicted molar refractivity (Wildman–Crippen MR) is 80.9 cm³/mol. The first-order chi connectivity index (χ1) is 9.54. The molecule has 116 valence electrons. The highest BCUT2D eigenvalue weighted by molar-refractivity contribution is 7.89. The van der Waals surface area contributed by atoms with Crippen molar-refractivity contribution in [2.24, 2.45) is 16.5 Å². The van der Waals surface area contributed by atoms with Gasteiger partial charge in [-0.05, 0) is 36.5 Å². The van der Waals surface area contributed by atoms with E-state index in [4.69, 9.17) is 5.14 Å². The maximum atomic E-state index is 12.4. The van der Waals surface area contributed by atoms with Crippen molar-refractivity contribution in [3.8, 4) is 0 Å². The highest BCUT2D eigenvalue weighted by Gasteiger charge is 2.51. The van der Waals surface area contributed by atoms with Crippen LogP contribution in [0.2, 0.25) is 0 Å². The minimum atomic E-state index is -3.68. The third-order valence-electron chi connectivity index (χ3n) is 4.43. The number of carbonyl (C=O) groups excluding carboxylic acids is 1. The zero-order valence-corrected chi connectivity index (χ0v) is 13.6. The lowest BCUT2D eigenvalue weighted by molar-refractivity contribution is -0.133. The third-order valence-corrected chi connectivity index (χ3v) is 5.36. The van der Waals surface area contributed by atoms with Crippen LogP contribution in [0.25, 0.3) is 0 Å². The van der Waals surface area contributed by atoms with Gasteiger partial charge < -0.3 is 4.90 Å². The van der Waals surface area contributed by atoms with Gasteiger partial charge in [0.2, 0.25) is 15.9 Å². The number of hydrogen-bond acceptors (Lipinski definition) is 3. The molecule has 1 aromatic carbocycles. The number of sulfonamides is 1. The Morgan fingerprint density at radius 1 is 1.33 bits per heavy atom. The topological polar surface area (TPSA) is 80.5 Å². The molecule has 1 aliphatic carbocycles. The molecule has 1 unspecified atom stereocenters. The summed E-state index contributed by atoms with van der Waals surface area (Å²) in [6.45, 7) is 6.11. The Bertz CT molecular complexity index is 650. The number of primary sulfonamides is 1. The molecular weight excluding hydrogens is 288 g/mol. The number of nitrogens with zero attached hydrogens (tertiary/aromatic N) is 1. The van der Waals surface area contributed by atoms with Crippen LogP contribution < -0.4 is 5.14 Å². The molecule has 1 aromatic rings. The molecule has 2 rings (SSSR count). The largest absolute Gasteiger partial charge is 0.339 e. The van der Waals surface area contributed by atoms with Gasteiger partial charge in [-0.1, -0.05) is 26.0 Å². The fourth-order valence-corrected chi connectivity index (χ4v) is 3.00. The molecule has 1 aliphatic rings. The van der Waals surface area contributed by atoms with E-state index in [-0.39, 0.29) is 28.2 Å². The van der Waals surface area contributed by atoms with Crippen LogP contribution in [-0.4, -0.2) is 26.3 Å². The van der Waals surface area contributed by atoms with Gasteiger partial charge in [-0.25, -0.2) is 13.6 Å². The summed E-state index contributed by atoms with van der Waals surface area (Å²) in [4.78, 5) is 14.2. The fraction of sp³-hybridized carbons (Fsp3) is 0.533. The highest BCUT2D eigenvalue weighted by Crippen LogP contribution is 2.52. The fourth-order valence-electron chi connectivity index (χ4n) is 2.49. The summed E-state index contributed by atoms with van der Waals surface area (Å²) in [6, 6.07) is 6.24. The summed E-state index contributed by atoms with van der Waals surface area (Å²) in [7, 11) is -1.89. The minimum absolute atomic E-state index is 0.0794. The van der Waals surface area contributed by atoms with Gasteiger partial charge in [-0.3, -0.25) is 4.79 Å². The lowest BCUT2D eigenvalue weighted by Gasteiger charge is -2.26. The Morgan fingerprint density at radius 2 is 1.81 bits per heavy atom. The van der Waals surface area contributed by atoms with Crippen LogP contribution in [0.5, 0.6) is 0 Å². The molecule has 0 bridgehead atoms. The Hall–Kier alpha value is -1.40. The summed E-state index contributed by atoms with van der Waals surface area (Å²) in [5.74, 6) is 0.233. The van der Waals surface area contributed by atoms with Crippen LogP contribution >= 0.6 is 0 Å².